The fourth-order valence-corrected chi connectivity index (χ4v) is 5.93. The lowest BCUT2D eigenvalue weighted by Gasteiger charge is -2.26. The number of hydrazine groups is 1. The number of nitrogens with zero attached hydrogens (tertiary/aromatic N) is 1. The van der Waals surface area contributed by atoms with E-state index in [2.05, 4.69) is 16.2 Å². The van der Waals surface area contributed by atoms with Crippen LogP contribution in [0, 0.1) is 0 Å². The summed E-state index contributed by atoms with van der Waals surface area (Å²) in [6.07, 6.45) is 0. The highest BCUT2D eigenvalue weighted by Crippen LogP contribution is 2.30. The second-order valence-corrected chi connectivity index (χ2v) is 11.8. The predicted molar refractivity (Wildman–Crippen MR) is 165 cm³/mol. The van der Waals surface area contributed by atoms with Gasteiger partial charge in [0.05, 0.1) is 18.1 Å². The molecule has 0 atom stereocenters. The molecule has 1 heterocycles. The van der Waals surface area contributed by atoms with E-state index in [-0.39, 0.29) is 15.9 Å². The fraction of sp³-hybridized carbons (Fsp3) is 0.161. The first-order valence-electron chi connectivity index (χ1n) is 13.3. The molecule has 216 valence electrons. The molecule has 3 N–H and O–H groups in total. The third-order valence-corrected chi connectivity index (χ3v) is 8.71. The summed E-state index contributed by atoms with van der Waals surface area (Å²) in [5, 5.41) is 3.07. The molecule has 0 spiro atoms. The highest BCUT2D eigenvalue weighted by molar-refractivity contribution is 7.89. The van der Waals surface area contributed by atoms with Gasteiger partial charge >= 0.3 is 0 Å². The third kappa shape index (κ3) is 7.31. The van der Waals surface area contributed by atoms with Gasteiger partial charge < -0.3 is 14.8 Å². The van der Waals surface area contributed by atoms with Crippen molar-refractivity contribution in [2.24, 2.45) is 0 Å². The Hall–Kier alpha value is -4.29. The molecule has 0 bridgehead atoms. The van der Waals surface area contributed by atoms with E-state index in [9.17, 15) is 13.2 Å². The summed E-state index contributed by atoms with van der Waals surface area (Å²) < 4.78 is 38.3. The molecule has 0 radical (unpaired) electrons. The van der Waals surface area contributed by atoms with E-state index in [1.165, 1.54) is 16.4 Å². The average Bonchev–Trinajstić information content (AvgIpc) is 3.04. The number of morpholine rings is 1. The molecule has 11 heteroatoms. The maximum absolute atomic E-state index is 12.8. The number of thiocarbonyl (C=S) groups is 1. The third-order valence-electron chi connectivity index (χ3n) is 6.59. The number of para-hydroxylation sites is 1. The van der Waals surface area contributed by atoms with Crippen molar-refractivity contribution >= 4 is 38.9 Å². The van der Waals surface area contributed by atoms with Gasteiger partial charge in [-0.15, -0.1) is 0 Å². The van der Waals surface area contributed by atoms with Crippen LogP contribution < -0.4 is 20.9 Å². The number of hydrogen-bond donors (Lipinski definition) is 3. The smallest absolute Gasteiger partial charge is 0.269 e. The number of rotatable bonds is 8. The number of benzene rings is 4. The molecule has 0 unspecified atom stereocenters. The number of sulfonamides is 1. The molecule has 4 aromatic rings. The Kier molecular flexibility index (Phi) is 9.45. The first-order chi connectivity index (χ1) is 20.4. The first kappa shape index (κ1) is 29.2. The summed E-state index contributed by atoms with van der Waals surface area (Å²) >= 11 is 5.27. The number of carbonyl (C=O) groups excluding carboxylic acids is 1. The molecule has 0 saturated carbocycles. The molecule has 1 aliphatic rings. The van der Waals surface area contributed by atoms with Crippen LogP contribution in [0.3, 0.4) is 0 Å². The number of ether oxygens (including phenoxy) is 2. The van der Waals surface area contributed by atoms with Crippen molar-refractivity contribution in [2.45, 2.75) is 11.5 Å². The van der Waals surface area contributed by atoms with Crippen LogP contribution in [0.15, 0.2) is 108 Å². The van der Waals surface area contributed by atoms with Gasteiger partial charge in [0.25, 0.3) is 5.91 Å². The highest BCUT2D eigenvalue weighted by Gasteiger charge is 2.26. The summed E-state index contributed by atoms with van der Waals surface area (Å²) in [5.41, 5.74) is 9.24. The molecule has 1 aliphatic heterocycles. The second kappa shape index (κ2) is 13.6. The number of anilines is 1. The van der Waals surface area contributed by atoms with Crippen LogP contribution in [0.25, 0.3) is 11.1 Å². The van der Waals surface area contributed by atoms with Crippen molar-refractivity contribution in [3.63, 3.8) is 0 Å². The second-order valence-electron chi connectivity index (χ2n) is 9.42. The monoisotopic (exact) mass is 602 g/mol. The predicted octanol–water partition coefficient (Wildman–Crippen LogP) is 4.58. The van der Waals surface area contributed by atoms with Gasteiger partial charge in [-0.3, -0.25) is 15.6 Å². The van der Waals surface area contributed by atoms with Crippen molar-refractivity contribution in [3.05, 3.63) is 114 Å². The van der Waals surface area contributed by atoms with E-state index in [1.54, 1.807) is 24.3 Å². The maximum Gasteiger partial charge on any atom is 0.269 e. The minimum absolute atomic E-state index is 0.147. The van der Waals surface area contributed by atoms with Gasteiger partial charge in [0.1, 0.15) is 12.4 Å². The maximum atomic E-state index is 12.8. The molecule has 0 aromatic heterocycles. The van der Waals surface area contributed by atoms with Gasteiger partial charge in [0.2, 0.25) is 10.0 Å². The van der Waals surface area contributed by atoms with E-state index in [4.69, 9.17) is 21.7 Å². The lowest BCUT2D eigenvalue weighted by Crippen LogP contribution is -2.43. The highest BCUT2D eigenvalue weighted by atomic mass is 32.2. The number of carbonyl (C=O) groups is 1. The molecule has 1 amide bonds. The molecule has 5 rings (SSSR count). The summed E-state index contributed by atoms with van der Waals surface area (Å²) in [4.78, 5) is 12.8. The van der Waals surface area contributed by atoms with Crippen molar-refractivity contribution in [2.75, 3.05) is 31.6 Å². The molecular formula is C31H30N4O5S2. The summed E-state index contributed by atoms with van der Waals surface area (Å²) in [6, 6.07) is 31.3. The van der Waals surface area contributed by atoms with Crippen molar-refractivity contribution < 1.29 is 22.7 Å². The SMILES string of the molecule is O=C(NNC(=S)Nc1ccc(S(=O)(=O)N2CCOCC2)cc1)c1ccc(COc2ccccc2-c2ccccc2)cc1. The Labute approximate surface area is 250 Å². The van der Waals surface area contributed by atoms with Crippen LogP contribution in [0.2, 0.25) is 0 Å². The minimum atomic E-state index is -3.58. The molecule has 1 fully saturated rings. The zero-order valence-corrected chi connectivity index (χ0v) is 24.3. The van der Waals surface area contributed by atoms with Gasteiger partial charge in [-0.25, -0.2) is 8.42 Å². The van der Waals surface area contributed by atoms with E-state index < -0.39 is 10.0 Å². The fourth-order valence-electron chi connectivity index (χ4n) is 4.36. The standard InChI is InChI=1S/C31H30N4O5S2/c36-30(33-34-31(41)32-26-14-16-27(17-15-26)42(37,38)35-18-20-39-21-19-35)25-12-10-23(11-13-25)22-40-29-9-5-4-8-28(29)24-6-2-1-3-7-24/h1-17H,18-22H2,(H,33,36)(H2,32,34,41). The molecule has 1 saturated heterocycles. The Morgan fingerprint density at radius 2 is 1.50 bits per heavy atom. The van der Waals surface area contributed by atoms with Gasteiger partial charge in [-0.05, 0) is 65.8 Å². The zero-order chi connectivity index (χ0) is 29.4. The lowest BCUT2D eigenvalue weighted by atomic mass is 10.0. The number of amides is 1. The summed E-state index contributed by atoms with van der Waals surface area (Å²) in [6.45, 7) is 1.77. The molecule has 4 aromatic carbocycles. The van der Waals surface area contributed by atoms with Crippen LogP contribution in [-0.4, -0.2) is 50.0 Å². The molecule has 42 heavy (non-hydrogen) atoms. The van der Waals surface area contributed by atoms with Gasteiger partial charge in [0.15, 0.2) is 5.11 Å². The normalized spacial score (nSPS) is 13.6. The van der Waals surface area contributed by atoms with Gasteiger partial charge in [-0.1, -0.05) is 60.7 Å². The van der Waals surface area contributed by atoms with Crippen LogP contribution in [0.1, 0.15) is 15.9 Å². The number of nitrogens with one attached hydrogen (secondary N) is 3. The largest absolute Gasteiger partial charge is 0.488 e. The van der Waals surface area contributed by atoms with Crippen LogP contribution >= 0.6 is 12.2 Å². The minimum Gasteiger partial charge on any atom is -0.488 e. The van der Waals surface area contributed by atoms with E-state index >= 15 is 0 Å². The molecular weight excluding hydrogens is 572 g/mol. The van der Waals surface area contributed by atoms with Crippen LogP contribution in [0.5, 0.6) is 5.75 Å². The molecule has 0 aliphatic carbocycles. The van der Waals surface area contributed by atoms with Gasteiger partial charge in [0, 0.05) is 29.9 Å². The molecule has 9 nitrogen and oxygen atoms in total. The Balaban J connectivity index is 1.10. The van der Waals surface area contributed by atoms with Crippen LogP contribution in [-0.2, 0) is 21.4 Å². The van der Waals surface area contributed by atoms with Crippen molar-refractivity contribution in [3.8, 4) is 16.9 Å². The van der Waals surface area contributed by atoms with E-state index in [0.717, 1.165) is 22.4 Å². The zero-order valence-electron chi connectivity index (χ0n) is 22.7. The van der Waals surface area contributed by atoms with E-state index in [0.29, 0.717) is 44.2 Å². The topological polar surface area (TPSA) is 109 Å². The Bertz CT molecular complexity index is 1620. The van der Waals surface area contributed by atoms with Crippen molar-refractivity contribution in [1.29, 1.82) is 0 Å². The summed E-state index contributed by atoms with van der Waals surface area (Å²) in [7, 11) is -3.58. The van der Waals surface area contributed by atoms with Gasteiger partial charge in [-0.2, -0.15) is 4.31 Å². The van der Waals surface area contributed by atoms with E-state index in [1.807, 2.05) is 66.7 Å². The first-order valence-corrected chi connectivity index (χ1v) is 15.2. The average molecular weight is 603 g/mol. The Morgan fingerprint density at radius 3 is 2.21 bits per heavy atom. The quantitative estimate of drug-likeness (QED) is 0.199. The Morgan fingerprint density at radius 1 is 0.833 bits per heavy atom. The number of hydrogen-bond acceptors (Lipinski definition) is 6. The van der Waals surface area contributed by atoms with Crippen molar-refractivity contribution in [1.82, 2.24) is 15.2 Å². The summed E-state index contributed by atoms with van der Waals surface area (Å²) in [5.74, 6) is 0.414. The lowest BCUT2D eigenvalue weighted by molar-refractivity contribution is 0.0730. The van der Waals surface area contributed by atoms with Crippen LogP contribution in [0.4, 0.5) is 5.69 Å².